The zero-order valence-corrected chi connectivity index (χ0v) is 14.1. The summed E-state index contributed by atoms with van der Waals surface area (Å²) >= 11 is 11.1. The minimum atomic E-state index is -0.388. The normalized spacial score (nSPS) is 9.87. The van der Waals surface area contributed by atoms with Crippen LogP contribution in [-0.4, -0.2) is 25.2 Å². The van der Waals surface area contributed by atoms with Crippen LogP contribution in [0.15, 0.2) is 42.5 Å². The SMILES string of the molecule is COc1ccc(NC(=S)NC(=O)c2ccccc2Cl)c(OC)c1. The summed E-state index contributed by atoms with van der Waals surface area (Å²) in [5.41, 5.74) is 0.956. The minimum absolute atomic E-state index is 0.137. The average Bonchev–Trinajstić information content (AvgIpc) is 2.55. The standard InChI is InChI=1S/C16H15ClN2O3S/c1-21-10-7-8-13(14(9-10)22-2)18-16(23)19-15(20)11-5-3-4-6-12(11)17/h3-9H,1-2H3,(H2,18,19,20,23). The number of rotatable bonds is 4. The number of halogens is 1. The Hall–Kier alpha value is -2.31. The molecule has 2 aromatic carbocycles. The Morgan fingerprint density at radius 3 is 2.52 bits per heavy atom. The fourth-order valence-corrected chi connectivity index (χ4v) is 2.30. The van der Waals surface area contributed by atoms with Crippen LogP contribution < -0.4 is 20.1 Å². The third-order valence-electron chi connectivity index (χ3n) is 3.00. The zero-order valence-electron chi connectivity index (χ0n) is 12.6. The molecular formula is C16H15ClN2O3S. The number of hydrogen-bond acceptors (Lipinski definition) is 4. The van der Waals surface area contributed by atoms with Crippen LogP contribution in [0, 0.1) is 0 Å². The molecule has 0 saturated heterocycles. The van der Waals surface area contributed by atoms with Crippen molar-refractivity contribution in [2.75, 3.05) is 19.5 Å². The van der Waals surface area contributed by atoms with Gasteiger partial charge in [-0.3, -0.25) is 10.1 Å². The van der Waals surface area contributed by atoms with Gasteiger partial charge in [0.1, 0.15) is 11.5 Å². The summed E-state index contributed by atoms with van der Waals surface area (Å²) < 4.78 is 10.4. The number of hydrogen-bond donors (Lipinski definition) is 2. The molecule has 0 fully saturated rings. The van der Waals surface area contributed by atoms with Gasteiger partial charge in [0.05, 0.1) is 30.5 Å². The van der Waals surface area contributed by atoms with Gasteiger partial charge in [-0.25, -0.2) is 0 Å². The molecule has 2 rings (SSSR count). The maximum atomic E-state index is 12.1. The van der Waals surface area contributed by atoms with E-state index in [9.17, 15) is 4.79 Å². The topological polar surface area (TPSA) is 59.6 Å². The van der Waals surface area contributed by atoms with Gasteiger partial charge in [-0.1, -0.05) is 23.7 Å². The zero-order chi connectivity index (χ0) is 16.8. The van der Waals surface area contributed by atoms with Crippen molar-refractivity contribution in [1.29, 1.82) is 0 Å². The van der Waals surface area contributed by atoms with Crippen molar-refractivity contribution in [2.24, 2.45) is 0 Å². The van der Waals surface area contributed by atoms with Crippen LogP contribution in [-0.2, 0) is 0 Å². The number of amides is 1. The number of benzene rings is 2. The van der Waals surface area contributed by atoms with Gasteiger partial charge in [-0.15, -0.1) is 0 Å². The summed E-state index contributed by atoms with van der Waals surface area (Å²) in [7, 11) is 3.10. The number of methoxy groups -OCH3 is 2. The van der Waals surface area contributed by atoms with E-state index in [0.717, 1.165) is 0 Å². The Bertz CT molecular complexity index is 737. The van der Waals surface area contributed by atoms with Crippen molar-refractivity contribution in [3.05, 3.63) is 53.1 Å². The molecule has 0 aromatic heterocycles. The number of anilines is 1. The average molecular weight is 351 g/mol. The van der Waals surface area contributed by atoms with Crippen molar-refractivity contribution in [3.63, 3.8) is 0 Å². The van der Waals surface area contributed by atoms with Crippen LogP contribution >= 0.6 is 23.8 Å². The lowest BCUT2D eigenvalue weighted by atomic mass is 10.2. The lowest BCUT2D eigenvalue weighted by molar-refractivity contribution is 0.0978. The predicted octanol–water partition coefficient (Wildman–Crippen LogP) is 3.48. The molecule has 0 saturated carbocycles. The first-order valence-electron chi connectivity index (χ1n) is 6.64. The highest BCUT2D eigenvalue weighted by molar-refractivity contribution is 7.80. The fourth-order valence-electron chi connectivity index (χ4n) is 1.87. The summed E-state index contributed by atoms with van der Waals surface area (Å²) in [5.74, 6) is 0.803. The van der Waals surface area contributed by atoms with E-state index in [1.807, 2.05) is 0 Å². The monoisotopic (exact) mass is 350 g/mol. The van der Waals surface area contributed by atoms with E-state index < -0.39 is 0 Å². The van der Waals surface area contributed by atoms with Crippen LogP contribution in [0.3, 0.4) is 0 Å². The number of thiocarbonyl (C=S) groups is 1. The molecule has 2 N–H and O–H groups in total. The molecule has 0 aliphatic carbocycles. The minimum Gasteiger partial charge on any atom is -0.497 e. The Balaban J connectivity index is 2.08. The van der Waals surface area contributed by atoms with Gasteiger partial charge < -0.3 is 14.8 Å². The quantitative estimate of drug-likeness (QED) is 0.827. The molecule has 0 unspecified atom stereocenters. The Kier molecular flexibility index (Phi) is 5.78. The number of nitrogens with one attached hydrogen (secondary N) is 2. The van der Waals surface area contributed by atoms with Crippen molar-refractivity contribution < 1.29 is 14.3 Å². The number of carbonyl (C=O) groups excluding carboxylic acids is 1. The lowest BCUT2D eigenvalue weighted by Crippen LogP contribution is -2.34. The van der Waals surface area contributed by atoms with E-state index in [1.54, 1.807) is 49.6 Å². The molecule has 0 spiro atoms. The van der Waals surface area contributed by atoms with Crippen LogP contribution in [0.2, 0.25) is 5.02 Å². The highest BCUT2D eigenvalue weighted by Crippen LogP contribution is 2.28. The van der Waals surface area contributed by atoms with Gasteiger partial charge in [-0.05, 0) is 36.5 Å². The molecule has 5 nitrogen and oxygen atoms in total. The molecule has 0 atom stereocenters. The Morgan fingerprint density at radius 1 is 1.13 bits per heavy atom. The summed E-state index contributed by atoms with van der Waals surface area (Å²) in [4.78, 5) is 12.1. The number of carbonyl (C=O) groups is 1. The molecular weight excluding hydrogens is 336 g/mol. The van der Waals surface area contributed by atoms with Gasteiger partial charge in [0.15, 0.2) is 5.11 Å². The highest BCUT2D eigenvalue weighted by Gasteiger charge is 2.12. The summed E-state index contributed by atoms with van der Waals surface area (Å²) in [6.45, 7) is 0. The predicted molar refractivity (Wildman–Crippen MR) is 94.7 cm³/mol. The van der Waals surface area contributed by atoms with E-state index >= 15 is 0 Å². The molecule has 7 heteroatoms. The van der Waals surface area contributed by atoms with Gasteiger partial charge in [0.25, 0.3) is 5.91 Å². The van der Waals surface area contributed by atoms with Crippen LogP contribution in [0.1, 0.15) is 10.4 Å². The first-order valence-corrected chi connectivity index (χ1v) is 7.42. The van der Waals surface area contributed by atoms with Crippen LogP contribution in [0.25, 0.3) is 0 Å². The molecule has 0 heterocycles. The number of ether oxygens (including phenoxy) is 2. The van der Waals surface area contributed by atoms with E-state index in [4.69, 9.17) is 33.3 Å². The van der Waals surface area contributed by atoms with E-state index in [2.05, 4.69) is 10.6 Å². The second-order valence-corrected chi connectivity index (χ2v) is 5.27. The van der Waals surface area contributed by atoms with E-state index in [0.29, 0.717) is 27.8 Å². The smallest absolute Gasteiger partial charge is 0.258 e. The molecule has 0 aliphatic heterocycles. The molecule has 0 aliphatic rings. The molecule has 1 amide bonds. The van der Waals surface area contributed by atoms with Crippen molar-refractivity contribution in [2.45, 2.75) is 0 Å². The van der Waals surface area contributed by atoms with Gasteiger partial charge in [0, 0.05) is 6.07 Å². The van der Waals surface area contributed by atoms with Gasteiger partial charge >= 0.3 is 0 Å². The second kappa shape index (κ2) is 7.80. The van der Waals surface area contributed by atoms with Crippen LogP contribution in [0.5, 0.6) is 11.5 Å². The molecule has 0 bridgehead atoms. The van der Waals surface area contributed by atoms with Crippen molar-refractivity contribution >= 4 is 40.5 Å². The molecule has 120 valence electrons. The molecule has 23 heavy (non-hydrogen) atoms. The highest BCUT2D eigenvalue weighted by atomic mass is 35.5. The maximum absolute atomic E-state index is 12.1. The first kappa shape index (κ1) is 17.1. The van der Waals surface area contributed by atoms with E-state index in [1.165, 1.54) is 7.11 Å². The van der Waals surface area contributed by atoms with Gasteiger partial charge in [-0.2, -0.15) is 0 Å². The molecule has 2 aromatic rings. The van der Waals surface area contributed by atoms with Crippen molar-refractivity contribution in [1.82, 2.24) is 5.32 Å². The summed E-state index contributed by atoms with van der Waals surface area (Å²) in [5, 5.41) is 5.98. The fraction of sp³-hybridized carbons (Fsp3) is 0.125. The second-order valence-electron chi connectivity index (χ2n) is 4.45. The Labute approximate surface area is 144 Å². The maximum Gasteiger partial charge on any atom is 0.258 e. The largest absolute Gasteiger partial charge is 0.497 e. The molecule has 0 radical (unpaired) electrons. The van der Waals surface area contributed by atoms with Crippen LogP contribution in [0.4, 0.5) is 5.69 Å². The lowest BCUT2D eigenvalue weighted by Gasteiger charge is -2.14. The third kappa shape index (κ3) is 4.34. The van der Waals surface area contributed by atoms with E-state index in [-0.39, 0.29) is 11.0 Å². The van der Waals surface area contributed by atoms with Crippen molar-refractivity contribution in [3.8, 4) is 11.5 Å². The Morgan fingerprint density at radius 2 is 1.87 bits per heavy atom. The third-order valence-corrected chi connectivity index (χ3v) is 3.54. The first-order chi connectivity index (χ1) is 11.0. The summed E-state index contributed by atoms with van der Waals surface area (Å²) in [6.07, 6.45) is 0. The van der Waals surface area contributed by atoms with Gasteiger partial charge in [0.2, 0.25) is 0 Å². The summed E-state index contributed by atoms with van der Waals surface area (Å²) in [6, 6.07) is 11.9.